The first-order valence-electron chi connectivity index (χ1n) is 7.68. The van der Waals surface area contributed by atoms with Crippen LogP contribution >= 0.6 is 11.3 Å². The second-order valence-corrected chi connectivity index (χ2v) is 7.15. The summed E-state index contributed by atoms with van der Waals surface area (Å²) in [5, 5.41) is 4.16. The van der Waals surface area contributed by atoms with Gasteiger partial charge in [0.25, 0.3) is 5.91 Å². The Morgan fingerprint density at radius 3 is 2.90 bits per heavy atom. The van der Waals surface area contributed by atoms with Crippen LogP contribution in [-0.2, 0) is 0 Å². The van der Waals surface area contributed by atoms with E-state index in [1.165, 1.54) is 29.7 Å². The summed E-state index contributed by atoms with van der Waals surface area (Å²) in [5.74, 6) is 0.802. The van der Waals surface area contributed by atoms with E-state index in [0.29, 0.717) is 10.6 Å². The number of nitrogens with one attached hydrogen (secondary N) is 1. The van der Waals surface area contributed by atoms with Crippen LogP contribution in [0.4, 0.5) is 5.69 Å². The third-order valence-electron chi connectivity index (χ3n) is 4.23. The monoisotopic (exact) mass is 302 g/mol. The predicted molar refractivity (Wildman–Crippen MR) is 89.9 cm³/mol. The first kappa shape index (κ1) is 14.4. The van der Waals surface area contributed by atoms with Crippen molar-refractivity contribution in [3.05, 3.63) is 28.6 Å². The maximum Gasteiger partial charge on any atom is 0.263 e. The predicted octanol–water partition coefficient (Wildman–Crippen LogP) is 4.10. The SMILES string of the molecule is CCC(CC1CC1)NC(=O)c1sc2ccc(C)cc2c1N. The number of fused-ring (bicyclic) bond motifs is 1. The van der Waals surface area contributed by atoms with E-state index in [1.807, 2.05) is 13.0 Å². The molecule has 2 aromatic rings. The minimum atomic E-state index is -0.0150. The van der Waals surface area contributed by atoms with Crippen molar-refractivity contribution in [3.63, 3.8) is 0 Å². The number of benzene rings is 1. The number of amides is 1. The number of hydrogen-bond acceptors (Lipinski definition) is 3. The van der Waals surface area contributed by atoms with Gasteiger partial charge in [-0.3, -0.25) is 4.79 Å². The highest BCUT2D eigenvalue weighted by Gasteiger charge is 2.26. The summed E-state index contributed by atoms with van der Waals surface area (Å²) in [5.41, 5.74) is 7.98. The number of carbonyl (C=O) groups is 1. The molecule has 21 heavy (non-hydrogen) atoms. The maximum atomic E-state index is 12.5. The largest absolute Gasteiger partial charge is 0.397 e. The summed E-state index contributed by atoms with van der Waals surface area (Å²) >= 11 is 1.49. The lowest BCUT2D eigenvalue weighted by Gasteiger charge is -2.16. The van der Waals surface area contributed by atoms with Gasteiger partial charge in [-0.1, -0.05) is 31.4 Å². The van der Waals surface area contributed by atoms with Crippen LogP contribution in [0.1, 0.15) is 47.8 Å². The van der Waals surface area contributed by atoms with Gasteiger partial charge in [-0.25, -0.2) is 0 Å². The zero-order chi connectivity index (χ0) is 15.0. The Labute approximate surface area is 129 Å². The van der Waals surface area contributed by atoms with Crippen LogP contribution in [0.5, 0.6) is 0 Å². The van der Waals surface area contributed by atoms with Gasteiger partial charge in [0.05, 0.1) is 5.69 Å². The molecule has 1 aliphatic carbocycles. The number of nitrogens with two attached hydrogens (primary N) is 1. The van der Waals surface area contributed by atoms with Gasteiger partial charge in [-0.05, 0) is 37.8 Å². The summed E-state index contributed by atoms with van der Waals surface area (Å²) in [6.07, 6.45) is 4.71. The summed E-state index contributed by atoms with van der Waals surface area (Å²) < 4.78 is 1.08. The molecule has 3 N–H and O–H groups in total. The van der Waals surface area contributed by atoms with Crippen LogP contribution in [-0.4, -0.2) is 11.9 Å². The zero-order valence-electron chi connectivity index (χ0n) is 12.6. The normalized spacial score (nSPS) is 16.1. The van der Waals surface area contributed by atoms with Gasteiger partial charge >= 0.3 is 0 Å². The lowest BCUT2D eigenvalue weighted by Crippen LogP contribution is -2.34. The average molecular weight is 302 g/mol. The molecule has 0 bridgehead atoms. The second kappa shape index (κ2) is 5.68. The minimum Gasteiger partial charge on any atom is -0.397 e. The first-order valence-corrected chi connectivity index (χ1v) is 8.49. The van der Waals surface area contributed by atoms with Crippen LogP contribution in [0, 0.1) is 12.8 Å². The Morgan fingerprint density at radius 2 is 2.24 bits per heavy atom. The van der Waals surface area contributed by atoms with Gasteiger partial charge in [-0.2, -0.15) is 0 Å². The van der Waals surface area contributed by atoms with Crippen molar-refractivity contribution in [2.45, 2.75) is 45.6 Å². The molecule has 1 fully saturated rings. The third-order valence-corrected chi connectivity index (χ3v) is 5.42. The van der Waals surface area contributed by atoms with E-state index in [1.54, 1.807) is 0 Å². The molecular formula is C17H22N2OS. The fraction of sp³-hybridized carbons (Fsp3) is 0.471. The van der Waals surface area contributed by atoms with Gasteiger partial charge in [-0.15, -0.1) is 11.3 Å². The van der Waals surface area contributed by atoms with Crippen LogP contribution in [0.2, 0.25) is 0 Å². The van der Waals surface area contributed by atoms with Crippen molar-refractivity contribution in [2.75, 3.05) is 5.73 Å². The molecule has 0 aliphatic heterocycles. The highest BCUT2D eigenvalue weighted by atomic mass is 32.1. The van der Waals surface area contributed by atoms with Crippen LogP contribution in [0.25, 0.3) is 10.1 Å². The number of aryl methyl sites for hydroxylation is 1. The Morgan fingerprint density at radius 1 is 1.48 bits per heavy atom. The summed E-state index contributed by atoms with van der Waals surface area (Å²) in [4.78, 5) is 13.2. The highest BCUT2D eigenvalue weighted by Crippen LogP contribution is 2.36. The van der Waals surface area contributed by atoms with E-state index in [0.717, 1.165) is 28.8 Å². The van der Waals surface area contributed by atoms with Crippen LogP contribution in [0.3, 0.4) is 0 Å². The van der Waals surface area contributed by atoms with Crippen molar-refractivity contribution in [1.29, 1.82) is 0 Å². The molecule has 1 saturated carbocycles. The molecule has 0 radical (unpaired) electrons. The third kappa shape index (κ3) is 3.05. The van der Waals surface area contributed by atoms with Gasteiger partial charge in [0, 0.05) is 16.1 Å². The highest BCUT2D eigenvalue weighted by molar-refractivity contribution is 7.21. The van der Waals surface area contributed by atoms with Gasteiger partial charge in [0.1, 0.15) is 4.88 Å². The number of rotatable bonds is 5. The number of hydrogen-bond donors (Lipinski definition) is 2. The smallest absolute Gasteiger partial charge is 0.263 e. The van der Waals surface area contributed by atoms with Gasteiger partial charge in [0.2, 0.25) is 0 Å². The molecule has 112 valence electrons. The van der Waals surface area contributed by atoms with E-state index in [-0.39, 0.29) is 11.9 Å². The van der Waals surface area contributed by atoms with Crippen molar-refractivity contribution < 1.29 is 4.79 Å². The first-order chi connectivity index (χ1) is 10.1. The molecule has 0 saturated heterocycles. The van der Waals surface area contributed by atoms with Crippen LogP contribution in [0.15, 0.2) is 18.2 Å². The van der Waals surface area contributed by atoms with E-state index in [2.05, 4.69) is 24.4 Å². The molecule has 1 aliphatic rings. The van der Waals surface area contributed by atoms with E-state index in [9.17, 15) is 4.79 Å². The second-order valence-electron chi connectivity index (χ2n) is 6.10. The standard InChI is InChI=1S/C17H22N2OS/c1-3-12(9-11-5-6-11)19-17(20)16-15(18)13-8-10(2)4-7-14(13)21-16/h4,7-8,11-12H,3,5-6,9,18H2,1-2H3,(H,19,20). The summed E-state index contributed by atoms with van der Waals surface area (Å²) in [6.45, 7) is 4.17. The number of nitrogen functional groups attached to an aromatic ring is 1. The van der Waals surface area contributed by atoms with Crippen LogP contribution < -0.4 is 11.1 Å². The molecule has 0 spiro atoms. The lowest BCUT2D eigenvalue weighted by atomic mass is 10.1. The Bertz CT molecular complexity index is 673. The number of anilines is 1. The summed E-state index contributed by atoms with van der Waals surface area (Å²) in [7, 11) is 0. The van der Waals surface area contributed by atoms with Crippen molar-refractivity contribution in [3.8, 4) is 0 Å². The van der Waals surface area contributed by atoms with E-state index in [4.69, 9.17) is 5.73 Å². The van der Waals surface area contributed by atoms with Gasteiger partial charge in [0.15, 0.2) is 0 Å². The molecule has 1 amide bonds. The lowest BCUT2D eigenvalue weighted by molar-refractivity contribution is 0.0937. The molecule has 1 unspecified atom stereocenters. The molecular weight excluding hydrogens is 280 g/mol. The van der Waals surface area contributed by atoms with E-state index < -0.39 is 0 Å². The minimum absolute atomic E-state index is 0.0150. The molecule has 4 heteroatoms. The number of thiophene rings is 1. The quantitative estimate of drug-likeness (QED) is 0.873. The Balaban J connectivity index is 1.81. The van der Waals surface area contributed by atoms with Crippen molar-refractivity contribution >= 4 is 33.0 Å². The van der Waals surface area contributed by atoms with E-state index >= 15 is 0 Å². The Kier molecular flexibility index (Phi) is 3.89. The molecule has 1 aromatic carbocycles. The fourth-order valence-corrected chi connectivity index (χ4v) is 3.74. The topological polar surface area (TPSA) is 55.1 Å². The molecule has 1 heterocycles. The molecule has 3 rings (SSSR count). The average Bonchev–Trinajstić information content (AvgIpc) is 3.22. The Hall–Kier alpha value is -1.55. The molecule has 3 nitrogen and oxygen atoms in total. The fourth-order valence-electron chi connectivity index (χ4n) is 2.73. The van der Waals surface area contributed by atoms with Gasteiger partial charge < -0.3 is 11.1 Å². The van der Waals surface area contributed by atoms with Crippen molar-refractivity contribution in [1.82, 2.24) is 5.32 Å². The number of carbonyl (C=O) groups excluding carboxylic acids is 1. The maximum absolute atomic E-state index is 12.5. The molecule has 1 aromatic heterocycles. The van der Waals surface area contributed by atoms with Crippen molar-refractivity contribution in [2.24, 2.45) is 5.92 Å². The zero-order valence-corrected chi connectivity index (χ0v) is 13.4. The summed E-state index contributed by atoms with van der Waals surface area (Å²) in [6, 6.07) is 6.43. The molecule has 1 atom stereocenters.